The van der Waals surface area contributed by atoms with Crippen LogP contribution in [0.15, 0.2) is 54.7 Å². The van der Waals surface area contributed by atoms with Crippen molar-refractivity contribution in [2.75, 3.05) is 44.7 Å². The summed E-state index contributed by atoms with van der Waals surface area (Å²) in [7, 11) is 1.61. The van der Waals surface area contributed by atoms with Crippen molar-refractivity contribution in [3.63, 3.8) is 0 Å². The van der Waals surface area contributed by atoms with Gasteiger partial charge >= 0.3 is 0 Å². The lowest BCUT2D eigenvalue weighted by atomic mass is 9.97. The van der Waals surface area contributed by atoms with Gasteiger partial charge in [0.15, 0.2) is 0 Å². The summed E-state index contributed by atoms with van der Waals surface area (Å²) in [6.45, 7) is 7.14. The van der Waals surface area contributed by atoms with E-state index in [4.69, 9.17) is 16.3 Å². The average Bonchev–Trinajstić information content (AvgIpc) is 2.78. The van der Waals surface area contributed by atoms with Crippen LogP contribution in [0.5, 0.6) is 5.75 Å². The lowest BCUT2D eigenvalue weighted by Crippen LogP contribution is -2.46. The SMILES string of the molecule is CCN1CCN(c2cc(-c3cc(F)cc(-c4cccc(Cl)c4)c3OC)ccn2)CC1. The fourth-order valence-corrected chi connectivity index (χ4v) is 4.14. The van der Waals surface area contributed by atoms with Crippen LogP contribution in [0.3, 0.4) is 0 Å². The van der Waals surface area contributed by atoms with Crippen LogP contribution in [0.1, 0.15) is 6.92 Å². The summed E-state index contributed by atoms with van der Waals surface area (Å²) in [5, 5.41) is 0.595. The van der Waals surface area contributed by atoms with Gasteiger partial charge < -0.3 is 14.5 Å². The van der Waals surface area contributed by atoms with Gasteiger partial charge in [0, 0.05) is 48.5 Å². The second kappa shape index (κ2) is 9.02. The summed E-state index contributed by atoms with van der Waals surface area (Å²) in [6.07, 6.45) is 1.78. The summed E-state index contributed by atoms with van der Waals surface area (Å²) >= 11 is 6.16. The number of likely N-dealkylation sites (N-methyl/N-ethyl adjacent to an activating group) is 1. The molecule has 0 radical (unpaired) electrons. The minimum atomic E-state index is -0.323. The number of ether oxygens (including phenoxy) is 1. The summed E-state index contributed by atoms with van der Waals surface area (Å²) in [5.41, 5.74) is 3.05. The Labute approximate surface area is 181 Å². The smallest absolute Gasteiger partial charge is 0.134 e. The highest BCUT2D eigenvalue weighted by Gasteiger charge is 2.19. The van der Waals surface area contributed by atoms with E-state index in [0.29, 0.717) is 21.9 Å². The minimum Gasteiger partial charge on any atom is -0.495 e. The topological polar surface area (TPSA) is 28.6 Å². The fourth-order valence-electron chi connectivity index (χ4n) is 3.95. The number of methoxy groups -OCH3 is 1. The molecule has 0 atom stereocenters. The zero-order valence-electron chi connectivity index (χ0n) is 17.2. The number of hydrogen-bond donors (Lipinski definition) is 0. The van der Waals surface area contributed by atoms with Crippen molar-refractivity contribution in [2.24, 2.45) is 0 Å². The molecule has 0 aliphatic carbocycles. The van der Waals surface area contributed by atoms with Crippen molar-refractivity contribution in [1.82, 2.24) is 9.88 Å². The molecule has 0 bridgehead atoms. The second-order valence-corrected chi connectivity index (χ2v) is 7.80. The summed E-state index contributed by atoms with van der Waals surface area (Å²) in [4.78, 5) is 9.27. The molecule has 1 aromatic heterocycles. The van der Waals surface area contributed by atoms with Gasteiger partial charge in [-0.2, -0.15) is 0 Å². The van der Waals surface area contributed by atoms with Gasteiger partial charge in [-0.05, 0) is 54.1 Å². The number of halogens is 2. The van der Waals surface area contributed by atoms with Crippen molar-refractivity contribution >= 4 is 17.4 Å². The summed E-state index contributed by atoms with van der Waals surface area (Å²) in [5.74, 6) is 1.20. The van der Waals surface area contributed by atoms with Crippen LogP contribution in [0.25, 0.3) is 22.3 Å². The Bertz CT molecular complexity index is 1030. The number of benzene rings is 2. The molecule has 30 heavy (non-hydrogen) atoms. The third kappa shape index (κ3) is 4.27. The number of aromatic nitrogens is 1. The Kier molecular flexibility index (Phi) is 6.21. The Balaban J connectivity index is 1.74. The van der Waals surface area contributed by atoms with Crippen molar-refractivity contribution < 1.29 is 9.13 Å². The van der Waals surface area contributed by atoms with Crippen molar-refractivity contribution in [3.8, 4) is 28.0 Å². The molecule has 0 spiro atoms. The summed E-state index contributed by atoms with van der Waals surface area (Å²) in [6, 6.07) is 14.3. The van der Waals surface area contributed by atoms with Gasteiger partial charge in [-0.3, -0.25) is 0 Å². The minimum absolute atomic E-state index is 0.323. The van der Waals surface area contributed by atoms with E-state index in [9.17, 15) is 4.39 Å². The number of rotatable bonds is 5. The lowest BCUT2D eigenvalue weighted by Gasteiger charge is -2.34. The zero-order chi connectivity index (χ0) is 21.1. The molecule has 0 N–H and O–H groups in total. The first-order valence-corrected chi connectivity index (χ1v) is 10.5. The maximum absolute atomic E-state index is 14.6. The van der Waals surface area contributed by atoms with E-state index in [-0.39, 0.29) is 5.82 Å². The van der Waals surface area contributed by atoms with E-state index in [0.717, 1.165) is 49.7 Å². The molecule has 2 heterocycles. The molecule has 1 fully saturated rings. The molecular weight excluding hydrogens is 401 g/mol. The van der Waals surface area contributed by atoms with Crippen LogP contribution in [-0.2, 0) is 0 Å². The average molecular weight is 426 g/mol. The Morgan fingerprint density at radius 3 is 2.33 bits per heavy atom. The number of nitrogens with zero attached hydrogens (tertiary/aromatic N) is 3. The Morgan fingerprint density at radius 2 is 1.70 bits per heavy atom. The summed E-state index contributed by atoms with van der Waals surface area (Å²) < 4.78 is 20.4. The van der Waals surface area contributed by atoms with Crippen LogP contribution in [0.4, 0.5) is 10.2 Å². The highest BCUT2D eigenvalue weighted by molar-refractivity contribution is 6.30. The van der Waals surface area contributed by atoms with Crippen molar-refractivity contribution in [3.05, 3.63) is 65.6 Å². The van der Waals surface area contributed by atoms with Crippen LogP contribution < -0.4 is 9.64 Å². The number of pyridine rings is 1. The molecular formula is C24H25ClFN3O. The molecule has 4 nitrogen and oxygen atoms in total. The molecule has 6 heteroatoms. The standard InChI is InChI=1S/C24H25ClFN3O/c1-3-28-9-11-29(12-10-28)23-14-18(7-8-27-23)22-16-20(26)15-21(24(22)30-2)17-5-4-6-19(25)13-17/h4-8,13-16H,3,9-12H2,1-2H3. The molecule has 3 aromatic rings. The number of hydrogen-bond acceptors (Lipinski definition) is 4. The molecule has 4 rings (SSSR count). The third-order valence-corrected chi connectivity index (χ3v) is 5.83. The monoisotopic (exact) mass is 425 g/mol. The van der Waals surface area contributed by atoms with E-state index in [1.165, 1.54) is 12.1 Å². The number of anilines is 1. The van der Waals surface area contributed by atoms with Gasteiger partial charge in [0.2, 0.25) is 0 Å². The highest BCUT2D eigenvalue weighted by atomic mass is 35.5. The van der Waals surface area contributed by atoms with E-state index in [2.05, 4.69) is 21.7 Å². The number of piperazine rings is 1. The van der Waals surface area contributed by atoms with Gasteiger partial charge in [-0.1, -0.05) is 30.7 Å². The first-order valence-electron chi connectivity index (χ1n) is 10.2. The van der Waals surface area contributed by atoms with Gasteiger partial charge in [0.25, 0.3) is 0 Å². The maximum atomic E-state index is 14.6. The highest BCUT2D eigenvalue weighted by Crippen LogP contribution is 2.41. The molecule has 0 saturated carbocycles. The second-order valence-electron chi connectivity index (χ2n) is 7.37. The van der Waals surface area contributed by atoms with Gasteiger partial charge in [0.1, 0.15) is 17.4 Å². The largest absolute Gasteiger partial charge is 0.495 e. The van der Waals surface area contributed by atoms with Crippen LogP contribution in [-0.4, -0.2) is 49.7 Å². The van der Waals surface area contributed by atoms with Crippen molar-refractivity contribution in [1.29, 1.82) is 0 Å². The van der Waals surface area contributed by atoms with E-state index in [1.807, 2.05) is 30.3 Å². The Hall–Kier alpha value is -2.63. The quantitative estimate of drug-likeness (QED) is 0.550. The molecule has 1 aliphatic heterocycles. The predicted molar refractivity (Wildman–Crippen MR) is 121 cm³/mol. The lowest BCUT2D eigenvalue weighted by molar-refractivity contribution is 0.270. The van der Waals surface area contributed by atoms with E-state index < -0.39 is 0 Å². The maximum Gasteiger partial charge on any atom is 0.134 e. The molecule has 0 unspecified atom stereocenters. The molecule has 1 aliphatic rings. The van der Waals surface area contributed by atoms with Crippen LogP contribution in [0, 0.1) is 5.82 Å². The molecule has 2 aromatic carbocycles. The Morgan fingerprint density at radius 1 is 1.00 bits per heavy atom. The van der Waals surface area contributed by atoms with Crippen molar-refractivity contribution in [2.45, 2.75) is 6.92 Å². The third-order valence-electron chi connectivity index (χ3n) is 5.59. The van der Waals surface area contributed by atoms with E-state index >= 15 is 0 Å². The zero-order valence-corrected chi connectivity index (χ0v) is 18.0. The van der Waals surface area contributed by atoms with Gasteiger partial charge in [-0.15, -0.1) is 0 Å². The molecule has 156 valence electrons. The first kappa shape index (κ1) is 20.6. The van der Waals surface area contributed by atoms with Gasteiger partial charge in [-0.25, -0.2) is 9.37 Å². The van der Waals surface area contributed by atoms with Crippen LogP contribution in [0.2, 0.25) is 5.02 Å². The van der Waals surface area contributed by atoms with Gasteiger partial charge in [0.05, 0.1) is 7.11 Å². The fraction of sp³-hybridized carbons (Fsp3) is 0.292. The van der Waals surface area contributed by atoms with E-state index in [1.54, 1.807) is 19.4 Å². The predicted octanol–water partition coefficient (Wildman–Crippen LogP) is 5.36. The van der Waals surface area contributed by atoms with Crippen LogP contribution >= 0.6 is 11.6 Å². The molecule has 1 saturated heterocycles. The first-order chi connectivity index (χ1) is 14.6. The normalized spacial score (nSPS) is 14.7. The molecule has 0 amide bonds.